The van der Waals surface area contributed by atoms with Gasteiger partial charge in [-0.1, -0.05) is 23.5 Å². The van der Waals surface area contributed by atoms with Gasteiger partial charge in [0.15, 0.2) is 5.13 Å². The van der Waals surface area contributed by atoms with Crippen LogP contribution in [-0.2, 0) is 19.4 Å². The third kappa shape index (κ3) is 2.50. The van der Waals surface area contributed by atoms with E-state index >= 15 is 0 Å². The van der Waals surface area contributed by atoms with Gasteiger partial charge in [0.1, 0.15) is 0 Å². The Hall–Kier alpha value is -1.92. The highest BCUT2D eigenvalue weighted by molar-refractivity contribution is 7.22. The number of aromatic amines is 1. The van der Waals surface area contributed by atoms with E-state index in [1.54, 1.807) is 11.3 Å². The number of para-hydroxylation sites is 1. The second kappa shape index (κ2) is 5.86. The molecule has 1 N–H and O–H groups in total. The number of aryl methyl sites for hydroxylation is 1. The average molecular weight is 339 g/mol. The molecule has 124 valence electrons. The third-order valence-corrected chi connectivity index (χ3v) is 6.29. The molecule has 6 heteroatoms. The van der Waals surface area contributed by atoms with Gasteiger partial charge in [-0.15, -0.1) is 0 Å². The predicted molar refractivity (Wildman–Crippen MR) is 97.7 cm³/mol. The lowest BCUT2D eigenvalue weighted by Crippen LogP contribution is -2.46. The number of nitrogens with zero attached hydrogens (tertiary/aromatic N) is 4. The van der Waals surface area contributed by atoms with Crippen molar-refractivity contribution in [3.8, 4) is 0 Å². The van der Waals surface area contributed by atoms with E-state index in [4.69, 9.17) is 4.98 Å². The summed E-state index contributed by atoms with van der Waals surface area (Å²) in [6.07, 6.45) is 3.66. The van der Waals surface area contributed by atoms with Crippen molar-refractivity contribution in [1.82, 2.24) is 20.1 Å². The van der Waals surface area contributed by atoms with Gasteiger partial charge in [-0.05, 0) is 37.0 Å². The lowest BCUT2D eigenvalue weighted by atomic mass is 10.2. The average Bonchev–Trinajstić information content (AvgIpc) is 3.31. The number of rotatable bonds is 3. The first-order valence-electron chi connectivity index (χ1n) is 8.75. The Morgan fingerprint density at radius 1 is 1.08 bits per heavy atom. The van der Waals surface area contributed by atoms with E-state index < -0.39 is 0 Å². The van der Waals surface area contributed by atoms with Crippen molar-refractivity contribution >= 4 is 26.7 Å². The summed E-state index contributed by atoms with van der Waals surface area (Å²) in [6.45, 7) is 5.24. The molecule has 1 aromatic carbocycles. The van der Waals surface area contributed by atoms with Crippen LogP contribution in [0, 0.1) is 0 Å². The first-order chi connectivity index (χ1) is 11.9. The Kier molecular flexibility index (Phi) is 3.52. The van der Waals surface area contributed by atoms with Crippen molar-refractivity contribution in [2.75, 3.05) is 31.1 Å². The molecule has 0 spiro atoms. The fourth-order valence-corrected chi connectivity index (χ4v) is 4.84. The summed E-state index contributed by atoms with van der Waals surface area (Å²) in [4.78, 5) is 9.75. The third-order valence-electron chi connectivity index (χ3n) is 5.19. The van der Waals surface area contributed by atoms with Crippen LogP contribution in [0.15, 0.2) is 24.3 Å². The lowest BCUT2D eigenvalue weighted by molar-refractivity contribution is 0.246. The van der Waals surface area contributed by atoms with Gasteiger partial charge in [0, 0.05) is 38.4 Å². The van der Waals surface area contributed by atoms with Gasteiger partial charge in [0.2, 0.25) is 0 Å². The van der Waals surface area contributed by atoms with Crippen LogP contribution in [0.2, 0.25) is 0 Å². The molecule has 1 saturated heterocycles. The Labute approximate surface area is 145 Å². The molecule has 3 heterocycles. The SMILES string of the molecule is c1ccc2sc(N3CCN(Cc4n[nH]c5c4CCC5)CC3)nc2c1. The maximum atomic E-state index is 4.79. The predicted octanol–water partition coefficient (Wildman–Crippen LogP) is 2.83. The highest BCUT2D eigenvalue weighted by Gasteiger charge is 2.23. The highest BCUT2D eigenvalue weighted by atomic mass is 32.1. The Bertz CT molecular complexity index is 826. The molecule has 0 radical (unpaired) electrons. The zero-order valence-electron chi connectivity index (χ0n) is 13.7. The number of nitrogens with one attached hydrogen (secondary N) is 1. The van der Waals surface area contributed by atoms with Gasteiger partial charge in [-0.2, -0.15) is 5.10 Å². The number of benzene rings is 1. The molecule has 24 heavy (non-hydrogen) atoms. The fraction of sp³-hybridized carbons (Fsp3) is 0.444. The van der Waals surface area contributed by atoms with Crippen LogP contribution in [0.4, 0.5) is 5.13 Å². The molecule has 2 aliphatic rings. The molecular weight excluding hydrogens is 318 g/mol. The first kappa shape index (κ1) is 14.4. The minimum atomic E-state index is 0.986. The van der Waals surface area contributed by atoms with E-state index in [1.807, 2.05) is 0 Å². The van der Waals surface area contributed by atoms with E-state index in [2.05, 4.69) is 44.3 Å². The first-order valence-corrected chi connectivity index (χ1v) is 9.56. The number of hydrogen-bond acceptors (Lipinski definition) is 5. The van der Waals surface area contributed by atoms with Crippen molar-refractivity contribution in [3.63, 3.8) is 0 Å². The van der Waals surface area contributed by atoms with Crippen molar-refractivity contribution < 1.29 is 0 Å². The van der Waals surface area contributed by atoms with Crippen molar-refractivity contribution in [3.05, 3.63) is 41.2 Å². The van der Waals surface area contributed by atoms with Crippen LogP contribution in [0.25, 0.3) is 10.2 Å². The van der Waals surface area contributed by atoms with Crippen LogP contribution < -0.4 is 4.90 Å². The molecule has 5 rings (SSSR count). The lowest BCUT2D eigenvalue weighted by Gasteiger charge is -2.34. The van der Waals surface area contributed by atoms with E-state index in [-0.39, 0.29) is 0 Å². The van der Waals surface area contributed by atoms with Crippen LogP contribution in [0.5, 0.6) is 0 Å². The summed E-state index contributed by atoms with van der Waals surface area (Å²) in [5, 5.41) is 8.94. The summed E-state index contributed by atoms with van der Waals surface area (Å²) in [5.41, 5.74) is 5.25. The second-order valence-corrected chi connectivity index (χ2v) is 7.72. The largest absolute Gasteiger partial charge is 0.345 e. The van der Waals surface area contributed by atoms with Gasteiger partial charge < -0.3 is 4.90 Å². The van der Waals surface area contributed by atoms with Crippen LogP contribution in [-0.4, -0.2) is 46.3 Å². The Morgan fingerprint density at radius 2 is 1.96 bits per heavy atom. The number of piperazine rings is 1. The van der Waals surface area contributed by atoms with Gasteiger partial charge in [0.05, 0.1) is 15.9 Å². The van der Waals surface area contributed by atoms with Crippen LogP contribution in [0.1, 0.15) is 23.4 Å². The van der Waals surface area contributed by atoms with Crippen LogP contribution >= 0.6 is 11.3 Å². The summed E-state index contributed by atoms with van der Waals surface area (Å²) in [5.74, 6) is 0. The summed E-state index contributed by atoms with van der Waals surface area (Å²) < 4.78 is 1.28. The molecule has 0 atom stereocenters. The zero-order valence-corrected chi connectivity index (χ0v) is 14.5. The van der Waals surface area contributed by atoms with Gasteiger partial charge in [-0.3, -0.25) is 10.00 Å². The molecule has 5 nitrogen and oxygen atoms in total. The topological polar surface area (TPSA) is 48.0 Å². The molecule has 0 unspecified atom stereocenters. The summed E-state index contributed by atoms with van der Waals surface area (Å²) >= 11 is 1.81. The number of anilines is 1. The number of aromatic nitrogens is 3. The maximum absolute atomic E-state index is 4.79. The molecular formula is C18H21N5S. The van der Waals surface area contributed by atoms with E-state index in [1.165, 1.54) is 40.9 Å². The number of fused-ring (bicyclic) bond motifs is 2. The standard InChI is InChI=1S/C18H21N5S/c1-2-7-17-15(5-1)19-18(24-17)23-10-8-22(9-11-23)12-16-13-4-3-6-14(13)20-21-16/h1-2,5,7H,3-4,6,8-12H2,(H,20,21). The molecule has 0 amide bonds. The van der Waals surface area contributed by atoms with Crippen molar-refractivity contribution in [2.24, 2.45) is 0 Å². The normalized spacial score (nSPS) is 18.4. The van der Waals surface area contributed by atoms with E-state index in [9.17, 15) is 0 Å². The number of thiazole rings is 1. The molecule has 2 aromatic heterocycles. The summed E-state index contributed by atoms with van der Waals surface area (Å²) in [7, 11) is 0. The molecule has 0 saturated carbocycles. The Morgan fingerprint density at radius 3 is 2.83 bits per heavy atom. The smallest absolute Gasteiger partial charge is 0.186 e. The fourth-order valence-electron chi connectivity index (χ4n) is 3.82. The minimum Gasteiger partial charge on any atom is -0.345 e. The van der Waals surface area contributed by atoms with Gasteiger partial charge >= 0.3 is 0 Å². The van der Waals surface area contributed by atoms with Crippen molar-refractivity contribution in [1.29, 1.82) is 0 Å². The van der Waals surface area contributed by atoms with Gasteiger partial charge in [-0.25, -0.2) is 4.98 Å². The maximum Gasteiger partial charge on any atom is 0.186 e. The summed E-state index contributed by atoms with van der Waals surface area (Å²) in [6, 6.07) is 8.41. The second-order valence-electron chi connectivity index (χ2n) is 6.71. The zero-order chi connectivity index (χ0) is 15.9. The molecule has 1 aliphatic carbocycles. The number of hydrogen-bond donors (Lipinski definition) is 1. The van der Waals surface area contributed by atoms with Crippen LogP contribution in [0.3, 0.4) is 0 Å². The quantitative estimate of drug-likeness (QED) is 0.797. The van der Waals surface area contributed by atoms with Gasteiger partial charge in [0.25, 0.3) is 0 Å². The van der Waals surface area contributed by atoms with Crippen molar-refractivity contribution in [2.45, 2.75) is 25.8 Å². The molecule has 3 aromatic rings. The Balaban J connectivity index is 1.25. The number of H-pyrrole nitrogens is 1. The monoisotopic (exact) mass is 339 g/mol. The minimum absolute atomic E-state index is 0.986. The molecule has 0 bridgehead atoms. The highest BCUT2D eigenvalue weighted by Crippen LogP contribution is 2.29. The van der Waals surface area contributed by atoms with E-state index in [0.717, 1.165) is 43.4 Å². The van der Waals surface area contributed by atoms with E-state index in [0.29, 0.717) is 0 Å². The molecule has 1 fully saturated rings. The molecule has 1 aliphatic heterocycles.